The second-order valence-electron chi connectivity index (χ2n) is 8.24. The highest BCUT2D eigenvalue weighted by Crippen LogP contribution is 2.39. The number of aromatic nitrogens is 3. The van der Waals surface area contributed by atoms with E-state index in [1.54, 1.807) is 18.3 Å². The number of halogens is 3. The van der Waals surface area contributed by atoms with Gasteiger partial charge in [-0.2, -0.15) is 13.2 Å². The van der Waals surface area contributed by atoms with Gasteiger partial charge in [-0.05, 0) is 43.2 Å². The summed E-state index contributed by atoms with van der Waals surface area (Å²) in [5, 5.41) is 22.3. The van der Waals surface area contributed by atoms with Crippen molar-refractivity contribution >= 4 is 22.6 Å². The van der Waals surface area contributed by atoms with Crippen molar-refractivity contribution in [3.8, 4) is 17.0 Å². The number of fused-ring (bicyclic) bond motifs is 1. The molecule has 2 aliphatic heterocycles. The van der Waals surface area contributed by atoms with E-state index in [-0.39, 0.29) is 23.8 Å². The fourth-order valence-electron chi connectivity index (χ4n) is 4.32. The van der Waals surface area contributed by atoms with Gasteiger partial charge in [-0.1, -0.05) is 0 Å². The van der Waals surface area contributed by atoms with Crippen LogP contribution in [0, 0.1) is 0 Å². The van der Waals surface area contributed by atoms with Crippen molar-refractivity contribution in [2.24, 2.45) is 0 Å². The van der Waals surface area contributed by atoms with Gasteiger partial charge in [0, 0.05) is 36.8 Å². The van der Waals surface area contributed by atoms with Gasteiger partial charge < -0.3 is 20.1 Å². The van der Waals surface area contributed by atoms with Gasteiger partial charge in [0.05, 0.1) is 11.2 Å². The fraction of sp³-hybridized carbons (Fsp3) is 0.364. The molecular formula is C22H20F3N5O3. The van der Waals surface area contributed by atoms with Crippen LogP contribution in [0.1, 0.15) is 18.4 Å². The third-order valence-electron chi connectivity index (χ3n) is 6.19. The molecule has 5 rings (SSSR count). The average Bonchev–Trinajstić information content (AvgIpc) is 2.81. The average molecular weight is 459 g/mol. The molecule has 0 radical (unpaired) electrons. The predicted octanol–water partition coefficient (Wildman–Crippen LogP) is 2.90. The molecule has 0 saturated carbocycles. The largest absolute Gasteiger partial charge is 0.507 e. The molecule has 0 bridgehead atoms. The van der Waals surface area contributed by atoms with E-state index >= 15 is 0 Å². The first-order valence-electron chi connectivity index (χ1n) is 10.4. The number of phenolic OH excluding ortho intramolecular Hbond substituents is 1. The molecular weight excluding hydrogens is 439 g/mol. The molecule has 33 heavy (non-hydrogen) atoms. The number of aromatic hydroxyl groups is 1. The number of ether oxygens (including phenoxy) is 1. The topological polar surface area (TPSA) is 100 Å². The number of nitrogens with zero attached hydrogens (tertiary/aromatic N) is 4. The Balaban J connectivity index is 1.47. The number of piperidine rings is 1. The number of rotatable bonds is 2. The molecule has 1 aromatic carbocycles. The second kappa shape index (κ2) is 7.84. The number of alkyl halides is 3. The van der Waals surface area contributed by atoms with E-state index in [0.717, 1.165) is 6.07 Å². The van der Waals surface area contributed by atoms with Gasteiger partial charge in [0.1, 0.15) is 23.6 Å². The van der Waals surface area contributed by atoms with Gasteiger partial charge in [0.15, 0.2) is 5.82 Å². The lowest BCUT2D eigenvalue weighted by molar-refractivity contribution is -0.146. The normalized spacial score (nSPS) is 18.5. The number of carbonyl (C=O) groups excluding carboxylic acids is 1. The number of anilines is 1. The summed E-state index contributed by atoms with van der Waals surface area (Å²) < 4.78 is 44.8. The summed E-state index contributed by atoms with van der Waals surface area (Å²) >= 11 is 0. The van der Waals surface area contributed by atoms with Gasteiger partial charge in [-0.25, -0.2) is 0 Å². The molecule has 2 fully saturated rings. The summed E-state index contributed by atoms with van der Waals surface area (Å²) in [7, 11) is 0. The Bertz CT molecular complexity index is 1210. The summed E-state index contributed by atoms with van der Waals surface area (Å²) in [4.78, 5) is 17.9. The third kappa shape index (κ3) is 3.92. The van der Waals surface area contributed by atoms with E-state index in [9.17, 15) is 23.1 Å². The number of benzene rings is 1. The second-order valence-corrected chi connectivity index (χ2v) is 8.24. The summed E-state index contributed by atoms with van der Waals surface area (Å²) in [6.45, 7) is 1.74. The van der Waals surface area contributed by atoms with Crippen LogP contribution in [0.25, 0.3) is 22.2 Å². The van der Waals surface area contributed by atoms with E-state index in [1.807, 2.05) is 4.90 Å². The molecule has 2 aromatic heterocycles. The smallest absolute Gasteiger partial charge is 0.416 e. The molecule has 0 atom stereocenters. The first-order chi connectivity index (χ1) is 15.8. The molecule has 8 nitrogen and oxygen atoms in total. The van der Waals surface area contributed by atoms with Crippen LogP contribution < -0.4 is 10.2 Å². The fourth-order valence-corrected chi connectivity index (χ4v) is 4.32. The number of nitrogens with one attached hydrogen (secondary N) is 1. The van der Waals surface area contributed by atoms with Crippen LogP contribution in [0.5, 0.6) is 5.75 Å². The third-order valence-corrected chi connectivity index (χ3v) is 6.19. The Labute approximate surface area is 186 Å². The number of phenols is 1. The molecule has 1 spiro atoms. The zero-order valence-corrected chi connectivity index (χ0v) is 17.4. The molecule has 1 amide bonds. The molecule has 172 valence electrons. The van der Waals surface area contributed by atoms with Gasteiger partial charge in [0.25, 0.3) is 0 Å². The molecule has 3 aromatic rings. The lowest BCUT2D eigenvalue weighted by atomic mass is 9.90. The minimum Gasteiger partial charge on any atom is -0.507 e. The molecule has 2 N–H and O–H groups in total. The summed E-state index contributed by atoms with van der Waals surface area (Å²) in [5.41, 5.74) is -0.411. The zero-order chi connectivity index (χ0) is 23.2. The summed E-state index contributed by atoms with van der Waals surface area (Å²) in [6, 6.07) is 6.22. The van der Waals surface area contributed by atoms with E-state index in [0.29, 0.717) is 55.3 Å². The highest BCUT2D eigenvalue weighted by molar-refractivity contribution is 5.98. The van der Waals surface area contributed by atoms with Crippen LogP contribution in [0.3, 0.4) is 0 Å². The van der Waals surface area contributed by atoms with Gasteiger partial charge >= 0.3 is 6.18 Å². The number of hydrogen-bond acceptors (Lipinski definition) is 7. The molecule has 0 aliphatic carbocycles. The van der Waals surface area contributed by atoms with Crippen LogP contribution in [0.15, 0.2) is 36.5 Å². The van der Waals surface area contributed by atoms with Crippen LogP contribution in [0.4, 0.5) is 19.0 Å². The van der Waals surface area contributed by atoms with Crippen LogP contribution in [-0.4, -0.2) is 58.0 Å². The van der Waals surface area contributed by atoms with Crippen molar-refractivity contribution in [1.82, 2.24) is 20.5 Å². The number of hydrogen-bond donors (Lipinski definition) is 2. The number of morpholine rings is 1. The van der Waals surface area contributed by atoms with E-state index in [4.69, 9.17) is 4.74 Å². The van der Waals surface area contributed by atoms with E-state index in [2.05, 4.69) is 20.5 Å². The quantitative estimate of drug-likeness (QED) is 0.608. The maximum atomic E-state index is 13.0. The predicted molar refractivity (Wildman–Crippen MR) is 113 cm³/mol. The van der Waals surface area contributed by atoms with Crippen molar-refractivity contribution in [3.05, 3.63) is 42.1 Å². The summed E-state index contributed by atoms with van der Waals surface area (Å²) in [5.74, 6) is -0.102. The van der Waals surface area contributed by atoms with Crippen LogP contribution >= 0.6 is 0 Å². The van der Waals surface area contributed by atoms with Gasteiger partial charge in [-0.15, -0.1) is 10.2 Å². The lowest BCUT2D eigenvalue weighted by Gasteiger charge is -2.43. The van der Waals surface area contributed by atoms with Crippen molar-refractivity contribution < 1.29 is 27.8 Å². The van der Waals surface area contributed by atoms with E-state index < -0.39 is 23.1 Å². The molecule has 2 saturated heterocycles. The zero-order valence-electron chi connectivity index (χ0n) is 17.4. The minimum absolute atomic E-state index is 0.0512. The van der Waals surface area contributed by atoms with E-state index in [1.165, 1.54) is 6.07 Å². The Morgan fingerprint density at radius 3 is 2.61 bits per heavy atom. The van der Waals surface area contributed by atoms with Crippen molar-refractivity contribution in [1.29, 1.82) is 0 Å². The Morgan fingerprint density at radius 2 is 1.94 bits per heavy atom. The number of pyridine rings is 1. The monoisotopic (exact) mass is 459 g/mol. The van der Waals surface area contributed by atoms with Gasteiger partial charge in [-0.3, -0.25) is 9.78 Å². The maximum absolute atomic E-state index is 13.0. The van der Waals surface area contributed by atoms with Crippen molar-refractivity contribution in [2.75, 3.05) is 31.1 Å². The standard InChI is InChI=1S/C22H20F3N5O3/c23-22(24,25)13-3-4-14(16(31)10-13)18-15-2-1-7-26-19(15)20(29-28-18)30-8-5-21(6-9-30)12-27-17(32)11-33-21/h1-4,7,10,31H,5-6,8-9,11-12H2,(H,27,32). The molecule has 11 heteroatoms. The number of carbonyl (C=O) groups is 1. The first kappa shape index (κ1) is 21.4. The van der Waals surface area contributed by atoms with Gasteiger partial charge in [0.2, 0.25) is 5.91 Å². The highest BCUT2D eigenvalue weighted by atomic mass is 19.4. The van der Waals surface area contributed by atoms with Crippen LogP contribution in [-0.2, 0) is 15.7 Å². The first-order valence-corrected chi connectivity index (χ1v) is 10.4. The molecule has 0 unspecified atom stereocenters. The lowest BCUT2D eigenvalue weighted by Crippen LogP contribution is -2.57. The SMILES string of the molecule is O=C1COC2(CCN(c3nnc(-c4ccc(C(F)(F)F)cc4O)c4cccnc34)CC2)CN1. The molecule has 2 aliphatic rings. The van der Waals surface area contributed by atoms with Crippen LogP contribution in [0.2, 0.25) is 0 Å². The Morgan fingerprint density at radius 1 is 1.15 bits per heavy atom. The Hall–Kier alpha value is -3.47. The minimum atomic E-state index is -4.56. The van der Waals surface area contributed by atoms with Crippen molar-refractivity contribution in [3.63, 3.8) is 0 Å². The Kier molecular flexibility index (Phi) is 5.08. The summed E-state index contributed by atoms with van der Waals surface area (Å²) in [6.07, 6.45) is -1.59. The van der Waals surface area contributed by atoms with Crippen molar-refractivity contribution in [2.45, 2.75) is 24.6 Å². The highest BCUT2D eigenvalue weighted by Gasteiger charge is 2.39. The molecule has 4 heterocycles. The maximum Gasteiger partial charge on any atom is 0.416 e. The number of amides is 1.